The van der Waals surface area contributed by atoms with Gasteiger partial charge in [-0.05, 0) is 20.3 Å². The van der Waals surface area contributed by atoms with Crippen molar-refractivity contribution in [2.75, 3.05) is 17.2 Å². The minimum atomic E-state index is -0.454. The van der Waals surface area contributed by atoms with Gasteiger partial charge in [-0.1, -0.05) is 13.3 Å². The maximum atomic E-state index is 11.1. The molecule has 18 heavy (non-hydrogen) atoms. The second-order valence-electron chi connectivity index (χ2n) is 4.10. The maximum absolute atomic E-state index is 11.1. The molecule has 6 heteroatoms. The summed E-state index contributed by atoms with van der Waals surface area (Å²) in [6, 6.07) is -0.454. The van der Waals surface area contributed by atoms with E-state index < -0.39 is 11.9 Å². The summed E-state index contributed by atoms with van der Waals surface area (Å²) in [5.41, 5.74) is 6.24. The molecule has 0 bridgehead atoms. The average molecular weight is 251 g/mol. The van der Waals surface area contributed by atoms with Crippen LogP contribution >= 0.6 is 0 Å². The zero-order chi connectivity index (χ0) is 13.5. The van der Waals surface area contributed by atoms with Gasteiger partial charge in [0.15, 0.2) is 0 Å². The smallest absolute Gasteiger partial charge is 0.239 e. The number of carbonyl (C=O) groups excluding carboxylic acids is 1. The third-order valence-electron chi connectivity index (χ3n) is 2.57. The number of hydrogen-bond acceptors (Lipinski definition) is 5. The van der Waals surface area contributed by atoms with E-state index in [1.54, 1.807) is 6.92 Å². The highest BCUT2D eigenvalue weighted by Gasteiger charge is 2.14. The quantitative estimate of drug-likeness (QED) is 0.676. The zero-order valence-corrected chi connectivity index (χ0v) is 11.2. The number of amides is 1. The Morgan fingerprint density at radius 1 is 1.39 bits per heavy atom. The van der Waals surface area contributed by atoms with Crippen molar-refractivity contribution in [3.05, 3.63) is 11.9 Å². The number of hydrogen-bond donors (Lipinski definition) is 3. The van der Waals surface area contributed by atoms with E-state index in [4.69, 9.17) is 5.73 Å². The van der Waals surface area contributed by atoms with Crippen LogP contribution in [0.3, 0.4) is 0 Å². The minimum absolute atomic E-state index is 0.402. The lowest BCUT2D eigenvalue weighted by atomic mass is 10.1. The topological polar surface area (TPSA) is 92.9 Å². The molecule has 0 aliphatic heterocycles. The Morgan fingerprint density at radius 3 is 2.61 bits per heavy atom. The monoisotopic (exact) mass is 251 g/mol. The van der Waals surface area contributed by atoms with Gasteiger partial charge in [0.1, 0.15) is 24.0 Å². The Bertz CT molecular complexity index is 407. The predicted molar refractivity (Wildman–Crippen MR) is 72.5 cm³/mol. The molecule has 1 aromatic rings. The lowest BCUT2D eigenvalue weighted by molar-refractivity contribution is -0.118. The van der Waals surface area contributed by atoms with Crippen LogP contribution in [0.5, 0.6) is 0 Å². The van der Waals surface area contributed by atoms with E-state index in [0.717, 1.165) is 30.8 Å². The number of nitrogens with two attached hydrogens (primary N) is 1. The van der Waals surface area contributed by atoms with E-state index >= 15 is 0 Å². The van der Waals surface area contributed by atoms with Gasteiger partial charge in [-0.15, -0.1) is 0 Å². The summed E-state index contributed by atoms with van der Waals surface area (Å²) in [5, 5.41) is 6.22. The second-order valence-corrected chi connectivity index (χ2v) is 4.10. The summed E-state index contributed by atoms with van der Waals surface area (Å²) in [6.45, 7) is 6.60. The average Bonchev–Trinajstić information content (AvgIpc) is 2.33. The number of nitrogens with one attached hydrogen (secondary N) is 2. The van der Waals surface area contributed by atoms with Gasteiger partial charge in [0.2, 0.25) is 5.91 Å². The molecule has 1 atom stereocenters. The third kappa shape index (κ3) is 3.58. The molecule has 0 aliphatic rings. The lowest BCUT2D eigenvalue weighted by Crippen LogP contribution is -2.33. The molecule has 0 saturated carbocycles. The van der Waals surface area contributed by atoms with Crippen molar-refractivity contribution in [3.8, 4) is 0 Å². The fraction of sp³-hybridized carbons (Fsp3) is 0.583. The molecule has 100 valence electrons. The number of carbonyl (C=O) groups is 1. The highest BCUT2D eigenvalue weighted by atomic mass is 16.1. The van der Waals surface area contributed by atoms with Crippen molar-refractivity contribution in [1.82, 2.24) is 9.97 Å². The van der Waals surface area contributed by atoms with Gasteiger partial charge in [0.25, 0.3) is 0 Å². The summed E-state index contributed by atoms with van der Waals surface area (Å²) < 4.78 is 0. The summed E-state index contributed by atoms with van der Waals surface area (Å²) >= 11 is 0. The van der Waals surface area contributed by atoms with Crippen LogP contribution in [-0.2, 0) is 11.2 Å². The van der Waals surface area contributed by atoms with Crippen LogP contribution in [0.25, 0.3) is 0 Å². The molecule has 1 rings (SSSR count). The maximum Gasteiger partial charge on any atom is 0.239 e. The normalized spacial score (nSPS) is 11.9. The first-order valence-corrected chi connectivity index (χ1v) is 6.23. The van der Waals surface area contributed by atoms with Crippen molar-refractivity contribution < 1.29 is 4.79 Å². The Balaban J connectivity index is 3.01. The molecule has 0 aromatic carbocycles. The van der Waals surface area contributed by atoms with Crippen molar-refractivity contribution in [1.29, 1.82) is 0 Å². The van der Waals surface area contributed by atoms with Gasteiger partial charge in [-0.25, -0.2) is 9.97 Å². The molecule has 1 unspecified atom stereocenters. The van der Waals surface area contributed by atoms with Crippen molar-refractivity contribution in [3.63, 3.8) is 0 Å². The van der Waals surface area contributed by atoms with E-state index in [9.17, 15) is 4.79 Å². The lowest BCUT2D eigenvalue weighted by Gasteiger charge is -2.16. The van der Waals surface area contributed by atoms with Crippen LogP contribution in [0.2, 0.25) is 0 Å². The van der Waals surface area contributed by atoms with E-state index in [2.05, 4.69) is 27.5 Å². The van der Waals surface area contributed by atoms with Crippen molar-refractivity contribution in [2.45, 2.75) is 39.7 Å². The van der Waals surface area contributed by atoms with Crippen LogP contribution in [0.1, 0.15) is 32.8 Å². The van der Waals surface area contributed by atoms with Crippen molar-refractivity contribution >= 4 is 17.5 Å². The molecular weight excluding hydrogens is 230 g/mol. The third-order valence-corrected chi connectivity index (χ3v) is 2.57. The summed E-state index contributed by atoms with van der Waals surface area (Å²) in [4.78, 5) is 19.5. The van der Waals surface area contributed by atoms with Crippen LogP contribution in [-0.4, -0.2) is 28.5 Å². The predicted octanol–water partition coefficient (Wildman–Crippen LogP) is 1.15. The van der Waals surface area contributed by atoms with Crippen LogP contribution in [0.15, 0.2) is 6.33 Å². The highest BCUT2D eigenvalue weighted by molar-refractivity contribution is 5.82. The first-order valence-electron chi connectivity index (χ1n) is 6.23. The Kier molecular flexibility index (Phi) is 5.35. The molecule has 0 aliphatic carbocycles. The van der Waals surface area contributed by atoms with E-state index in [-0.39, 0.29) is 0 Å². The molecule has 0 fully saturated rings. The molecular formula is C12H21N5O. The van der Waals surface area contributed by atoms with Gasteiger partial charge in [-0.3, -0.25) is 4.79 Å². The largest absolute Gasteiger partial charge is 0.370 e. The molecule has 1 heterocycles. The van der Waals surface area contributed by atoms with Crippen LogP contribution < -0.4 is 16.4 Å². The SMILES string of the molecule is CCCc1c(NCC)ncnc1NC(C)C(N)=O. The molecule has 6 nitrogen and oxygen atoms in total. The van der Waals surface area contributed by atoms with Gasteiger partial charge in [0.05, 0.1) is 0 Å². The van der Waals surface area contributed by atoms with E-state index in [1.807, 2.05) is 6.92 Å². The summed E-state index contributed by atoms with van der Waals surface area (Å²) in [5.74, 6) is 1.09. The number of nitrogens with zero attached hydrogens (tertiary/aromatic N) is 2. The summed E-state index contributed by atoms with van der Waals surface area (Å²) in [6.07, 6.45) is 3.30. The first-order chi connectivity index (χ1) is 8.60. The first kappa shape index (κ1) is 14.2. The Morgan fingerprint density at radius 2 is 2.06 bits per heavy atom. The molecule has 1 amide bonds. The van der Waals surface area contributed by atoms with E-state index in [0.29, 0.717) is 5.82 Å². The Hall–Kier alpha value is -1.85. The standard InChI is InChI=1S/C12H21N5O/c1-4-6-9-11(14-5-2)15-7-16-12(9)17-8(3)10(13)18/h7-8H,4-6H2,1-3H3,(H2,13,18)(H2,14,15,16,17). The molecule has 0 saturated heterocycles. The zero-order valence-electron chi connectivity index (χ0n) is 11.2. The van der Waals surface area contributed by atoms with Crippen LogP contribution in [0, 0.1) is 0 Å². The number of anilines is 2. The molecule has 1 aromatic heterocycles. The van der Waals surface area contributed by atoms with Gasteiger partial charge in [-0.2, -0.15) is 0 Å². The van der Waals surface area contributed by atoms with Gasteiger partial charge < -0.3 is 16.4 Å². The Labute approximate surface area is 107 Å². The minimum Gasteiger partial charge on any atom is -0.370 e. The number of aromatic nitrogens is 2. The fourth-order valence-corrected chi connectivity index (χ4v) is 1.62. The summed E-state index contributed by atoms with van der Waals surface area (Å²) in [7, 11) is 0. The van der Waals surface area contributed by atoms with Gasteiger partial charge >= 0.3 is 0 Å². The van der Waals surface area contributed by atoms with Gasteiger partial charge in [0, 0.05) is 12.1 Å². The highest BCUT2D eigenvalue weighted by Crippen LogP contribution is 2.22. The molecule has 4 N–H and O–H groups in total. The molecule has 0 spiro atoms. The fourth-order valence-electron chi connectivity index (χ4n) is 1.62. The van der Waals surface area contributed by atoms with Crippen molar-refractivity contribution in [2.24, 2.45) is 5.73 Å². The molecule has 0 radical (unpaired) electrons. The second kappa shape index (κ2) is 6.78. The van der Waals surface area contributed by atoms with E-state index in [1.165, 1.54) is 6.33 Å². The number of rotatable bonds is 7. The van der Waals surface area contributed by atoms with Crippen LogP contribution in [0.4, 0.5) is 11.6 Å². The number of primary amides is 1.